The molecule has 21 heavy (non-hydrogen) atoms. The van der Waals surface area contributed by atoms with Crippen LogP contribution in [0.3, 0.4) is 0 Å². The number of nitro groups is 1. The summed E-state index contributed by atoms with van der Waals surface area (Å²) in [6.07, 6.45) is 1.54. The quantitative estimate of drug-likeness (QED) is 0.485. The molecule has 1 heterocycles. The number of hydrogen-bond donors (Lipinski definition) is 0. The fourth-order valence-electron chi connectivity index (χ4n) is 2.56. The van der Waals surface area contributed by atoms with Gasteiger partial charge in [0.15, 0.2) is 0 Å². The van der Waals surface area contributed by atoms with Crippen molar-refractivity contribution in [1.82, 2.24) is 0 Å². The van der Waals surface area contributed by atoms with E-state index < -0.39 is 4.92 Å². The molecule has 0 spiro atoms. The minimum Gasteiger partial charge on any atom is -0.466 e. The number of anilines is 1. The van der Waals surface area contributed by atoms with Crippen LogP contribution < -0.4 is 4.90 Å². The van der Waals surface area contributed by atoms with E-state index in [1.807, 2.05) is 4.90 Å². The van der Waals surface area contributed by atoms with E-state index in [-0.39, 0.29) is 17.6 Å². The van der Waals surface area contributed by atoms with Gasteiger partial charge in [0.2, 0.25) is 0 Å². The zero-order chi connectivity index (χ0) is 15.4. The Balaban J connectivity index is 2.22. The van der Waals surface area contributed by atoms with Gasteiger partial charge in [0.05, 0.1) is 17.4 Å². The number of hydrogen-bond acceptors (Lipinski definition) is 5. The number of esters is 1. The molecule has 1 aliphatic heterocycles. The summed E-state index contributed by atoms with van der Waals surface area (Å²) in [5.41, 5.74) is 0.463. The molecule has 1 aromatic rings. The van der Waals surface area contributed by atoms with Crippen molar-refractivity contribution < 1.29 is 14.5 Å². The summed E-state index contributed by atoms with van der Waals surface area (Å²) in [5, 5.41) is 11.5. The molecule has 1 saturated heterocycles. The molecule has 0 N–H and O–H groups in total. The SMILES string of the molecule is CCOC(=O)C1CCCN(c2ccc(Cl)cc2[N+](=O)[O-])C1. The molecule has 2 rings (SSSR count). The van der Waals surface area contributed by atoms with Gasteiger partial charge >= 0.3 is 5.97 Å². The Morgan fingerprint density at radius 1 is 1.57 bits per heavy atom. The average Bonchev–Trinajstić information content (AvgIpc) is 2.47. The summed E-state index contributed by atoms with van der Waals surface area (Å²) in [5.74, 6) is -0.479. The van der Waals surface area contributed by atoms with Gasteiger partial charge < -0.3 is 9.64 Å². The van der Waals surface area contributed by atoms with Crippen molar-refractivity contribution in [3.05, 3.63) is 33.3 Å². The number of rotatable bonds is 4. The van der Waals surface area contributed by atoms with Crippen molar-refractivity contribution in [3.8, 4) is 0 Å². The second-order valence-electron chi connectivity index (χ2n) is 4.93. The molecule has 0 aromatic heterocycles. The predicted molar refractivity (Wildman–Crippen MR) is 79.7 cm³/mol. The third kappa shape index (κ3) is 3.64. The van der Waals surface area contributed by atoms with E-state index in [0.29, 0.717) is 30.4 Å². The third-order valence-electron chi connectivity index (χ3n) is 3.52. The predicted octanol–water partition coefficient (Wildman–Crippen LogP) is 3.03. The number of nitrogens with zero attached hydrogens (tertiary/aromatic N) is 2. The number of halogens is 1. The van der Waals surface area contributed by atoms with Gasteiger partial charge in [0, 0.05) is 24.2 Å². The van der Waals surface area contributed by atoms with E-state index in [4.69, 9.17) is 16.3 Å². The summed E-state index contributed by atoms with van der Waals surface area (Å²) in [6.45, 7) is 3.22. The van der Waals surface area contributed by atoms with Crippen LogP contribution in [0.5, 0.6) is 0 Å². The highest BCUT2D eigenvalue weighted by molar-refractivity contribution is 6.30. The number of piperidine rings is 1. The fourth-order valence-corrected chi connectivity index (χ4v) is 2.73. The first-order valence-electron chi connectivity index (χ1n) is 6.88. The van der Waals surface area contributed by atoms with Crippen LogP contribution in [-0.4, -0.2) is 30.6 Å². The van der Waals surface area contributed by atoms with Gasteiger partial charge in [0.1, 0.15) is 5.69 Å². The van der Waals surface area contributed by atoms with E-state index in [1.54, 1.807) is 19.1 Å². The van der Waals surface area contributed by atoms with Crippen molar-refractivity contribution in [1.29, 1.82) is 0 Å². The zero-order valence-corrected chi connectivity index (χ0v) is 12.5. The van der Waals surface area contributed by atoms with Gasteiger partial charge in [-0.25, -0.2) is 0 Å². The first kappa shape index (κ1) is 15.6. The molecule has 0 aliphatic carbocycles. The van der Waals surface area contributed by atoms with Crippen LogP contribution in [0.1, 0.15) is 19.8 Å². The zero-order valence-electron chi connectivity index (χ0n) is 11.8. The van der Waals surface area contributed by atoms with Gasteiger partial charge in [-0.15, -0.1) is 0 Å². The summed E-state index contributed by atoms with van der Waals surface area (Å²) >= 11 is 5.82. The minimum absolute atomic E-state index is 0.0352. The van der Waals surface area contributed by atoms with E-state index >= 15 is 0 Å². The van der Waals surface area contributed by atoms with Crippen LogP contribution in [-0.2, 0) is 9.53 Å². The second kappa shape index (κ2) is 6.76. The van der Waals surface area contributed by atoms with E-state index in [1.165, 1.54) is 6.07 Å². The highest BCUT2D eigenvalue weighted by Gasteiger charge is 2.30. The molecule has 0 amide bonds. The van der Waals surface area contributed by atoms with Crippen molar-refractivity contribution >= 4 is 28.9 Å². The minimum atomic E-state index is -0.449. The first-order chi connectivity index (χ1) is 10.0. The van der Waals surface area contributed by atoms with Crippen LogP contribution in [0.4, 0.5) is 11.4 Å². The Kier molecular flexibility index (Phi) is 5.01. The van der Waals surface area contributed by atoms with Gasteiger partial charge in [0.25, 0.3) is 5.69 Å². The molecule has 1 fully saturated rings. The summed E-state index contributed by atoms with van der Waals surface area (Å²) in [7, 11) is 0. The topological polar surface area (TPSA) is 72.7 Å². The lowest BCUT2D eigenvalue weighted by Gasteiger charge is -2.32. The van der Waals surface area contributed by atoms with Crippen LogP contribution in [0, 0.1) is 16.0 Å². The molecular weight excluding hydrogens is 296 g/mol. The molecule has 114 valence electrons. The van der Waals surface area contributed by atoms with Gasteiger partial charge in [-0.05, 0) is 31.9 Å². The largest absolute Gasteiger partial charge is 0.466 e. The monoisotopic (exact) mass is 312 g/mol. The maximum absolute atomic E-state index is 11.8. The molecule has 1 unspecified atom stereocenters. The molecular formula is C14H17ClN2O4. The standard InChI is InChI=1S/C14H17ClN2O4/c1-2-21-14(18)10-4-3-7-16(9-10)12-6-5-11(15)8-13(12)17(19)20/h5-6,8,10H,2-4,7,9H2,1H3. The van der Waals surface area contributed by atoms with Crippen LogP contribution in [0.2, 0.25) is 5.02 Å². The van der Waals surface area contributed by atoms with Gasteiger partial charge in [-0.3, -0.25) is 14.9 Å². The Morgan fingerprint density at radius 3 is 3.00 bits per heavy atom. The van der Waals surface area contributed by atoms with Crippen molar-refractivity contribution in [2.24, 2.45) is 5.92 Å². The van der Waals surface area contributed by atoms with Crippen molar-refractivity contribution in [2.75, 3.05) is 24.6 Å². The van der Waals surface area contributed by atoms with E-state index in [9.17, 15) is 14.9 Å². The number of benzene rings is 1. The number of nitro benzene ring substituents is 1. The lowest BCUT2D eigenvalue weighted by Crippen LogP contribution is -2.39. The van der Waals surface area contributed by atoms with Gasteiger partial charge in [-0.2, -0.15) is 0 Å². The lowest BCUT2D eigenvalue weighted by atomic mass is 9.97. The highest BCUT2D eigenvalue weighted by atomic mass is 35.5. The Bertz CT molecular complexity index is 550. The molecule has 0 saturated carbocycles. The fraction of sp³-hybridized carbons (Fsp3) is 0.500. The maximum atomic E-state index is 11.8. The molecule has 6 nitrogen and oxygen atoms in total. The van der Waals surface area contributed by atoms with Crippen molar-refractivity contribution in [2.45, 2.75) is 19.8 Å². The Labute approximate surface area is 127 Å². The molecule has 1 aliphatic rings. The number of carbonyl (C=O) groups is 1. The maximum Gasteiger partial charge on any atom is 0.310 e. The summed E-state index contributed by atoms with van der Waals surface area (Å²) < 4.78 is 5.04. The summed E-state index contributed by atoms with van der Waals surface area (Å²) in [4.78, 5) is 24.4. The second-order valence-corrected chi connectivity index (χ2v) is 5.36. The first-order valence-corrected chi connectivity index (χ1v) is 7.26. The summed E-state index contributed by atoms with van der Waals surface area (Å²) in [6, 6.07) is 4.59. The average molecular weight is 313 g/mol. The number of carbonyl (C=O) groups excluding carboxylic acids is 1. The van der Waals surface area contributed by atoms with Crippen molar-refractivity contribution in [3.63, 3.8) is 0 Å². The third-order valence-corrected chi connectivity index (χ3v) is 3.75. The number of ether oxygens (including phenoxy) is 1. The van der Waals surface area contributed by atoms with Crippen LogP contribution >= 0.6 is 11.6 Å². The Hall–Kier alpha value is -1.82. The molecule has 7 heteroatoms. The molecule has 1 atom stereocenters. The molecule has 1 aromatic carbocycles. The Morgan fingerprint density at radius 2 is 2.33 bits per heavy atom. The smallest absolute Gasteiger partial charge is 0.310 e. The molecule has 0 radical (unpaired) electrons. The van der Waals surface area contributed by atoms with E-state index in [0.717, 1.165) is 12.8 Å². The van der Waals surface area contributed by atoms with Crippen LogP contribution in [0.25, 0.3) is 0 Å². The van der Waals surface area contributed by atoms with Gasteiger partial charge in [-0.1, -0.05) is 11.6 Å². The normalized spacial score (nSPS) is 18.4. The molecule has 0 bridgehead atoms. The van der Waals surface area contributed by atoms with Crippen LogP contribution in [0.15, 0.2) is 18.2 Å². The van der Waals surface area contributed by atoms with E-state index in [2.05, 4.69) is 0 Å². The highest BCUT2D eigenvalue weighted by Crippen LogP contribution is 2.33. The lowest BCUT2D eigenvalue weighted by molar-refractivity contribution is -0.384.